The van der Waals surface area contributed by atoms with Crippen LogP contribution < -0.4 is 21.0 Å². The Morgan fingerprint density at radius 3 is 2.50 bits per heavy atom. The van der Waals surface area contributed by atoms with Gasteiger partial charge in [0.25, 0.3) is 0 Å². The van der Waals surface area contributed by atoms with E-state index in [0.29, 0.717) is 0 Å². The van der Waals surface area contributed by atoms with Crippen molar-refractivity contribution in [1.82, 2.24) is 9.97 Å². The molecular weight excluding hydrogens is 220 g/mol. The SMILES string of the molecule is C1=c2ccccc2=CC12C=c1ncncc1=CC2. The molecule has 1 aromatic heterocycles. The standard InChI is InChI=1S/C16H12N2/c1-2-4-13-8-16(7-12(13)3-1)6-5-14-10-17-11-18-15(14)9-16/h1-5,7-11H,6H2. The molecule has 1 spiro atoms. The van der Waals surface area contributed by atoms with E-state index >= 15 is 0 Å². The summed E-state index contributed by atoms with van der Waals surface area (Å²) in [5.41, 5.74) is 0.00500. The third-order valence-corrected chi connectivity index (χ3v) is 3.70. The van der Waals surface area contributed by atoms with E-state index in [2.05, 4.69) is 58.5 Å². The van der Waals surface area contributed by atoms with E-state index in [9.17, 15) is 0 Å². The second kappa shape index (κ2) is 3.39. The molecule has 18 heavy (non-hydrogen) atoms. The monoisotopic (exact) mass is 232 g/mol. The summed E-state index contributed by atoms with van der Waals surface area (Å²) in [4.78, 5) is 8.43. The van der Waals surface area contributed by atoms with Crippen LogP contribution in [0.3, 0.4) is 0 Å². The molecule has 2 aliphatic rings. The molecule has 2 heteroatoms. The first kappa shape index (κ1) is 9.77. The van der Waals surface area contributed by atoms with Crippen LogP contribution in [0, 0.1) is 5.41 Å². The molecule has 2 aromatic rings. The number of aromatic nitrogens is 2. The molecule has 0 unspecified atom stereocenters. The van der Waals surface area contributed by atoms with Gasteiger partial charge in [-0.05, 0) is 22.9 Å². The lowest BCUT2D eigenvalue weighted by atomic mass is 9.82. The van der Waals surface area contributed by atoms with Crippen LogP contribution >= 0.6 is 0 Å². The zero-order valence-corrected chi connectivity index (χ0v) is 9.88. The summed E-state index contributed by atoms with van der Waals surface area (Å²) in [6, 6.07) is 8.52. The van der Waals surface area contributed by atoms with E-state index in [1.807, 2.05) is 6.20 Å². The number of hydrogen-bond acceptors (Lipinski definition) is 2. The Bertz CT molecular complexity index is 827. The Morgan fingerprint density at radius 1 is 0.944 bits per heavy atom. The highest BCUT2D eigenvalue weighted by molar-refractivity contribution is 5.71. The van der Waals surface area contributed by atoms with Gasteiger partial charge in [0, 0.05) is 16.8 Å². The largest absolute Gasteiger partial charge is 0.244 e. The van der Waals surface area contributed by atoms with Crippen LogP contribution in [-0.2, 0) is 0 Å². The van der Waals surface area contributed by atoms with Crippen LogP contribution in [0.1, 0.15) is 6.42 Å². The Kier molecular flexibility index (Phi) is 1.84. The number of hydrogen-bond donors (Lipinski definition) is 0. The second-order valence-electron chi connectivity index (χ2n) is 4.95. The maximum atomic E-state index is 4.36. The van der Waals surface area contributed by atoms with Crippen molar-refractivity contribution in [2.24, 2.45) is 5.41 Å². The van der Waals surface area contributed by atoms with Gasteiger partial charge in [-0.3, -0.25) is 0 Å². The van der Waals surface area contributed by atoms with Crippen molar-refractivity contribution in [2.45, 2.75) is 6.42 Å². The van der Waals surface area contributed by atoms with E-state index in [1.54, 1.807) is 6.33 Å². The molecule has 0 saturated carbocycles. The van der Waals surface area contributed by atoms with Crippen molar-refractivity contribution in [1.29, 1.82) is 0 Å². The molecule has 86 valence electrons. The van der Waals surface area contributed by atoms with Gasteiger partial charge in [-0.1, -0.05) is 42.5 Å². The van der Waals surface area contributed by atoms with Gasteiger partial charge in [0.1, 0.15) is 6.33 Å². The molecule has 0 atom stereocenters. The summed E-state index contributed by atoms with van der Waals surface area (Å²) in [6.07, 6.45) is 13.6. The van der Waals surface area contributed by atoms with Crippen LogP contribution in [0.2, 0.25) is 0 Å². The van der Waals surface area contributed by atoms with Gasteiger partial charge in [-0.25, -0.2) is 9.97 Å². The molecule has 2 nitrogen and oxygen atoms in total. The van der Waals surface area contributed by atoms with Crippen LogP contribution in [0.25, 0.3) is 24.3 Å². The van der Waals surface area contributed by atoms with Crippen molar-refractivity contribution in [3.63, 3.8) is 0 Å². The maximum absolute atomic E-state index is 4.36. The van der Waals surface area contributed by atoms with E-state index in [4.69, 9.17) is 0 Å². The van der Waals surface area contributed by atoms with Crippen LogP contribution in [-0.4, -0.2) is 9.97 Å². The fourth-order valence-electron chi connectivity index (χ4n) is 2.82. The molecule has 0 aliphatic heterocycles. The summed E-state index contributed by atoms with van der Waals surface area (Å²) in [5.74, 6) is 0. The van der Waals surface area contributed by atoms with Gasteiger partial charge in [0.15, 0.2) is 0 Å². The van der Waals surface area contributed by atoms with Gasteiger partial charge in [-0.15, -0.1) is 0 Å². The first-order valence-electron chi connectivity index (χ1n) is 6.15. The third-order valence-electron chi connectivity index (χ3n) is 3.70. The van der Waals surface area contributed by atoms with Crippen LogP contribution in [0.15, 0.2) is 36.8 Å². The van der Waals surface area contributed by atoms with Gasteiger partial charge >= 0.3 is 0 Å². The molecule has 0 amide bonds. The number of nitrogens with zero attached hydrogens (tertiary/aromatic N) is 2. The summed E-state index contributed by atoms with van der Waals surface area (Å²) in [7, 11) is 0. The summed E-state index contributed by atoms with van der Waals surface area (Å²) in [6.45, 7) is 0. The average molecular weight is 232 g/mol. The molecule has 0 saturated heterocycles. The normalized spacial score (nSPS) is 17.8. The minimum absolute atomic E-state index is 0.00500. The highest BCUT2D eigenvalue weighted by Crippen LogP contribution is 2.31. The molecule has 4 rings (SSSR count). The summed E-state index contributed by atoms with van der Waals surface area (Å²) in [5, 5.41) is 4.82. The lowest BCUT2D eigenvalue weighted by Crippen LogP contribution is -2.34. The lowest BCUT2D eigenvalue weighted by molar-refractivity contribution is 0.785. The van der Waals surface area contributed by atoms with Crippen molar-refractivity contribution < 1.29 is 0 Å². The fraction of sp³-hybridized carbons (Fsp3) is 0.125. The van der Waals surface area contributed by atoms with Crippen LogP contribution in [0.4, 0.5) is 0 Å². The first-order chi connectivity index (χ1) is 8.85. The summed E-state index contributed by atoms with van der Waals surface area (Å²) < 4.78 is 0. The van der Waals surface area contributed by atoms with Crippen molar-refractivity contribution in [3.8, 4) is 0 Å². The zero-order chi connectivity index (χ0) is 12.0. The average Bonchev–Trinajstić information content (AvgIpc) is 2.76. The van der Waals surface area contributed by atoms with E-state index < -0.39 is 0 Å². The van der Waals surface area contributed by atoms with Crippen molar-refractivity contribution in [3.05, 3.63) is 57.8 Å². The Labute approximate surface area is 104 Å². The summed E-state index contributed by atoms with van der Waals surface area (Å²) >= 11 is 0. The number of benzene rings is 1. The Hall–Kier alpha value is -2.22. The maximum Gasteiger partial charge on any atom is 0.116 e. The lowest BCUT2D eigenvalue weighted by Gasteiger charge is -2.21. The Morgan fingerprint density at radius 2 is 1.72 bits per heavy atom. The van der Waals surface area contributed by atoms with Gasteiger partial charge in [0.2, 0.25) is 0 Å². The third kappa shape index (κ3) is 1.35. The van der Waals surface area contributed by atoms with Crippen LogP contribution in [0.5, 0.6) is 0 Å². The van der Waals surface area contributed by atoms with E-state index in [0.717, 1.165) is 17.0 Å². The fourth-order valence-corrected chi connectivity index (χ4v) is 2.82. The Balaban J connectivity index is 2.01. The topological polar surface area (TPSA) is 25.8 Å². The molecule has 0 fully saturated rings. The predicted molar refractivity (Wildman–Crippen MR) is 71.9 cm³/mol. The molecular formula is C16H12N2. The minimum atomic E-state index is 0.00500. The number of fused-ring (bicyclic) bond motifs is 2. The molecule has 0 bridgehead atoms. The smallest absolute Gasteiger partial charge is 0.116 e. The van der Waals surface area contributed by atoms with E-state index in [1.165, 1.54) is 10.4 Å². The first-order valence-corrected chi connectivity index (χ1v) is 6.15. The molecule has 0 N–H and O–H groups in total. The number of rotatable bonds is 0. The molecule has 0 radical (unpaired) electrons. The van der Waals surface area contributed by atoms with Gasteiger partial charge in [-0.2, -0.15) is 0 Å². The van der Waals surface area contributed by atoms with Gasteiger partial charge < -0.3 is 0 Å². The predicted octanol–water partition coefficient (Wildman–Crippen LogP) is -0.298. The quantitative estimate of drug-likeness (QED) is 0.623. The van der Waals surface area contributed by atoms with Gasteiger partial charge in [0.05, 0.1) is 5.35 Å². The molecule has 1 aromatic carbocycles. The minimum Gasteiger partial charge on any atom is -0.244 e. The highest BCUT2D eigenvalue weighted by Gasteiger charge is 2.25. The van der Waals surface area contributed by atoms with Crippen molar-refractivity contribution >= 4 is 24.3 Å². The molecule has 1 heterocycles. The highest BCUT2D eigenvalue weighted by atomic mass is 14.8. The second-order valence-corrected chi connectivity index (χ2v) is 4.95. The van der Waals surface area contributed by atoms with Crippen molar-refractivity contribution in [2.75, 3.05) is 0 Å². The van der Waals surface area contributed by atoms with E-state index in [-0.39, 0.29) is 5.41 Å². The molecule has 2 aliphatic carbocycles. The zero-order valence-electron chi connectivity index (χ0n) is 9.88.